The third-order valence-corrected chi connectivity index (χ3v) is 2.52. The second-order valence-corrected chi connectivity index (χ2v) is 4.60. The summed E-state index contributed by atoms with van der Waals surface area (Å²) in [6.07, 6.45) is 1.57. The van der Waals surface area contributed by atoms with Crippen molar-refractivity contribution in [2.24, 2.45) is 0 Å². The summed E-state index contributed by atoms with van der Waals surface area (Å²) < 4.78 is 6.27. The van der Waals surface area contributed by atoms with Crippen LogP contribution in [0.15, 0.2) is 6.20 Å². The number of ether oxygens (including phenoxy) is 1. The number of amides is 1. The van der Waals surface area contributed by atoms with Gasteiger partial charge in [-0.05, 0) is 20.8 Å². The van der Waals surface area contributed by atoms with Crippen molar-refractivity contribution in [3.63, 3.8) is 0 Å². The van der Waals surface area contributed by atoms with Crippen LogP contribution in [0.5, 0.6) is 0 Å². The molecule has 1 atom stereocenters. The minimum atomic E-state index is -1.06. The van der Waals surface area contributed by atoms with Gasteiger partial charge in [0.05, 0.1) is 12.8 Å². The zero-order valence-corrected chi connectivity index (χ0v) is 11.2. The van der Waals surface area contributed by atoms with Crippen molar-refractivity contribution >= 4 is 5.91 Å². The average Bonchev–Trinajstić information content (AvgIpc) is 2.77. The zero-order valence-electron chi connectivity index (χ0n) is 11.2. The second kappa shape index (κ2) is 5.92. The number of rotatable bonds is 6. The van der Waals surface area contributed by atoms with E-state index in [2.05, 4.69) is 15.6 Å². The Kier molecular flexibility index (Phi) is 4.80. The Balaban J connectivity index is 2.64. The van der Waals surface area contributed by atoms with Crippen LogP contribution >= 0.6 is 0 Å². The van der Waals surface area contributed by atoms with Gasteiger partial charge in [-0.15, -0.1) is 5.10 Å². The lowest BCUT2D eigenvalue weighted by atomic mass is 10.1. The van der Waals surface area contributed by atoms with Gasteiger partial charge in [-0.25, -0.2) is 4.68 Å². The average molecular weight is 256 g/mol. The van der Waals surface area contributed by atoms with Crippen LogP contribution in [0.3, 0.4) is 0 Å². The van der Waals surface area contributed by atoms with Crippen molar-refractivity contribution in [3.8, 4) is 0 Å². The monoisotopic (exact) mass is 256 g/mol. The molecule has 0 fully saturated rings. The summed E-state index contributed by atoms with van der Waals surface area (Å²) in [6.45, 7) is 5.86. The molecule has 1 aromatic rings. The van der Waals surface area contributed by atoms with Crippen LogP contribution in [0, 0.1) is 0 Å². The first kappa shape index (κ1) is 14.6. The summed E-state index contributed by atoms with van der Waals surface area (Å²) in [7, 11) is 1.57. The van der Waals surface area contributed by atoms with Crippen LogP contribution in [0.1, 0.15) is 32.5 Å². The lowest BCUT2D eigenvalue weighted by Crippen LogP contribution is -2.33. The number of nitrogens with zero attached hydrogens (tertiary/aromatic N) is 3. The molecule has 0 aliphatic rings. The lowest BCUT2D eigenvalue weighted by Gasteiger charge is -2.13. The fraction of sp³-hybridized carbons (Fsp3) is 0.727. The number of methoxy groups -OCH3 is 1. The van der Waals surface area contributed by atoms with Gasteiger partial charge in [0.15, 0.2) is 0 Å². The second-order valence-electron chi connectivity index (χ2n) is 4.60. The number of nitrogens with one attached hydrogen (secondary N) is 1. The molecule has 0 saturated heterocycles. The molecule has 0 saturated carbocycles. The quantitative estimate of drug-likeness (QED) is 0.690. The van der Waals surface area contributed by atoms with E-state index < -0.39 is 11.6 Å². The third-order valence-electron chi connectivity index (χ3n) is 2.52. The summed E-state index contributed by atoms with van der Waals surface area (Å²) in [5, 5.41) is 20.2. The molecule has 1 rings (SSSR count). The highest BCUT2D eigenvalue weighted by Gasteiger charge is 2.23. The Hall–Kier alpha value is -1.47. The smallest absolute Gasteiger partial charge is 0.244 e. The van der Waals surface area contributed by atoms with Gasteiger partial charge < -0.3 is 15.2 Å². The summed E-state index contributed by atoms with van der Waals surface area (Å²) in [5.74, 6) is -0.167. The molecule has 2 N–H and O–H groups in total. The van der Waals surface area contributed by atoms with Gasteiger partial charge in [0.25, 0.3) is 0 Å². The molecule has 0 aliphatic carbocycles. The van der Waals surface area contributed by atoms with Gasteiger partial charge >= 0.3 is 0 Å². The summed E-state index contributed by atoms with van der Waals surface area (Å²) >= 11 is 0. The highest BCUT2D eigenvalue weighted by atomic mass is 16.5. The Labute approximate surface area is 106 Å². The predicted octanol–water partition coefficient (Wildman–Crippen LogP) is -0.171. The molecule has 1 heterocycles. The molecule has 7 heteroatoms. The van der Waals surface area contributed by atoms with Gasteiger partial charge in [0, 0.05) is 13.7 Å². The Morgan fingerprint density at radius 3 is 2.83 bits per heavy atom. The molecular formula is C11H20N4O3. The van der Waals surface area contributed by atoms with Gasteiger partial charge in [-0.1, -0.05) is 5.21 Å². The van der Waals surface area contributed by atoms with Crippen molar-refractivity contribution in [1.82, 2.24) is 20.3 Å². The molecule has 0 aromatic carbocycles. The summed E-state index contributed by atoms with van der Waals surface area (Å²) in [5.41, 5.74) is -0.635. The number of aliphatic hydroxyl groups is 1. The largest absolute Gasteiger partial charge is 0.384 e. The van der Waals surface area contributed by atoms with E-state index in [-0.39, 0.29) is 5.91 Å². The SMILES string of the molecule is COCCNC(=O)C(C)n1cc(C(C)(C)O)nn1. The van der Waals surface area contributed by atoms with Crippen molar-refractivity contribution in [2.75, 3.05) is 20.3 Å². The Morgan fingerprint density at radius 1 is 1.67 bits per heavy atom. The van der Waals surface area contributed by atoms with Crippen LogP contribution in [0.25, 0.3) is 0 Å². The predicted molar refractivity (Wildman–Crippen MR) is 64.9 cm³/mol. The van der Waals surface area contributed by atoms with E-state index in [0.717, 1.165) is 0 Å². The topological polar surface area (TPSA) is 89.3 Å². The van der Waals surface area contributed by atoms with Gasteiger partial charge in [0.2, 0.25) is 5.91 Å². The number of carbonyl (C=O) groups excluding carboxylic acids is 1. The van der Waals surface area contributed by atoms with Crippen molar-refractivity contribution in [1.29, 1.82) is 0 Å². The third kappa shape index (κ3) is 3.78. The number of hydrogen-bond acceptors (Lipinski definition) is 5. The van der Waals surface area contributed by atoms with Gasteiger partial charge in [-0.3, -0.25) is 4.79 Å². The standard InChI is InChI=1S/C11H20N4O3/c1-8(10(16)12-5-6-18-4)15-7-9(13-14-15)11(2,3)17/h7-8,17H,5-6H2,1-4H3,(H,12,16). The minimum Gasteiger partial charge on any atom is -0.384 e. The number of hydrogen-bond donors (Lipinski definition) is 2. The van der Waals surface area contributed by atoms with E-state index >= 15 is 0 Å². The molecule has 18 heavy (non-hydrogen) atoms. The Bertz CT molecular complexity index is 397. The fourth-order valence-electron chi connectivity index (χ4n) is 1.29. The number of aromatic nitrogens is 3. The molecule has 0 spiro atoms. The summed E-state index contributed by atoms with van der Waals surface area (Å²) in [4.78, 5) is 11.8. The molecule has 7 nitrogen and oxygen atoms in total. The fourth-order valence-corrected chi connectivity index (χ4v) is 1.29. The van der Waals surface area contributed by atoms with Crippen LogP contribution in [-0.2, 0) is 15.1 Å². The van der Waals surface area contributed by atoms with Crippen LogP contribution in [0.4, 0.5) is 0 Å². The normalized spacial score (nSPS) is 13.4. The molecule has 0 aliphatic heterocycles. The molecule has 0 bridgehead atoms. The number of carbonyl (C=O) groups is 1. The molecule has 1 aromatic heterocycles. The first-order valence-electron chi connectivity index (χ1n) is 5.77. The first-order valence-corrected chi connectivity index (χ1v) is 5.77. The maximum absolute atomic E-state index is 11.8. The molecule has 0 radical (unpaired) electrons. The van der Waals surface area contributed by atoms with Crippen molar-refractivity contribution in [2.45, 2.75) is 32.4 Å². The molecule has 1 amide bonds. The van der Waals surface area contributed by atoms with Crippen molar-refractivity contribution in [3.05, 3.63) is 11.9 Å². The maximum Gasteiger partial charge on any atom is 0.244 e. The van der Waals surface area contributed by atoms with Crippen LogP contribution in [-0.4, -0.2) is 46.3 Å². The van der Waals surface area contributed by atoms with Crippen molar-refractivity contribution < 1.29 is 14.6 Å². The zero-order chi connectivity index (χ0) is 13.8. The molecule has 102 valence electrons. The van der Waals surface area contributed by atoms with E-state index in [0.29, 0.717) is 18.8 Å². The van der Waals surface area contributed by atoms with E-state index in [1.165, 1.54) is 4.68 Å². The highest BCUT2D eigenvalue weighted by Crippen LogP contribution is 2.17. The van der Waals surface area contributed by atoms with Gasteiger partial charge in [-0.2, -0.15) is 0 Å². The van der Waals surface area contributed by atoms with Crippen LogP contribution in [0.2, 0.25) is 0 Å². The molecular weight excluding hydrogens is 236 g/mol. The van der Waals surface area contributed by atoms with Crippen LogP contribution < -0.4 is 5.32 Å². The first-order chi connectivity index (χ1) is 8.36. The highest BCUT2D eigenvalue weighted by molar-refractivity contribution is 5.79. The van der Waals surface area contributed by atoms with E-state index in [1.807, 2.05) is 0 Å². The Morgan fingerprint density at radius 2 is 2.33 bits per heavy atom. The maximum atomic E-state index is 11.8. The minimum absolute atomic E-state index is 0.167. The van der Waals surface area contributed by atoms with E-state index in [1.54, 1.807) is 34.1 Å². The van der Waals surface area contributed by atoms with E-state index in [9.17, 15) is 9.90 Å². The lowest BCUT2D eigenvalue weighted by molar-refractivity contribution is -0.124. The molecule has 1 unspecified atom stereocenters. The summed E-state index contributed by atoms with van der Waals surface area (Å²) in [6, 6.07) is -0.481. The van der Waals surface area contributed by atoms with E-state index in [4.69, 9.17) is 4.74 Å². The van der Waals surface area contributed by atoms with Gasteiger partial charge in [0.1, 0.15) is 17.3 Å².